The van der Waals surface area contributed by atoms with E-state index >= 15 is 0 Å². The SMILES string of the molecule is CCCOC(=O)c1ccccc1C(=O)OCCC.CCCc1ccc(C(=O)O)c(C(=O)O)c1CCC. The number of rotatable bonds is 12. The predicted molar refractivity (Wildman–Crippen MR) is 136 cm³/mol. The third kappa shape index (κ3) is 8.83. The smallest absolute Gasteiger partial charge is 0.339 e. The van der Waals surface area contributed by atoms with Gasteiger partial charge in [0.05, 0.1) is 35.5 Å². The summed E-state index contributed by atoms with van der Waals surface area (Å²) in [5.74, 6) is -3.32. The first kappa shape index (κ1) is 30.4. The van der Waals surface area contributed by atoms with E-state index in [2.05, 4.69) is 0 Å². The van der Waals surface area contributed by atoms with Crippen molar-refractivity contribution in [3.05, 3.63) is 69.8 Å². The normalized spacial score (nSPS) is 10.1. The average molecular weight is 501 g/mol. The van der Waals surface area contributed by atoms with E-state index < -0.39 is 23.9 Å². The summed E-state index contributed by atoms with van der Waals surface area (Å²) in [7, 11) is 0. The van der Waals surface area contributed by atoms with Crippen LogP contribution < -0.4 is 0 Å². The number of carboxylic acids is 2. The summed E-state index contributed by atoms with van der Waals surface area (Å²) in [5.41, 5.74) is 1.97. The number of aryl methyl sites for hydroxylation is 1. The van der Waals surface area contributed by atoms with Crippen LogP contribution in [-0.2, 0) is 22.3 Å². The molecule has 0 atom stereocenters. The molecular formula is C28H36O8. The van der Waals surface area contributed by atoms with Crippen LogP contribution in [-0.4, -0.2) is 47.3 Å². The van der Waals surface area contributed by atoms with Crippen LogP contribution in [0.5, 0.6) is 0 Å². The minimum absolute atomic E-state index is 0.0460. The molecule has 0 saturated carbocycles. The number of hydrogen-bond acceptors (Lipinski definition) is 6. The fourth-order valence-electron chi connectivity index (χ4n) is 3.54. The summed E-state index contributed by atoms with van der Waals surface area (Å²) in [6, 6.07) is 9.67. The maximum atomic E-state index is 11.8. The maximum Gasteiger partial charge on any atom is 0.339 e. The van der Waals surface area contributed by atoms with Gasteiger partial charge in [0, 0.05) is 0 Å². The lowest BCUT2D eigenvalue weighted by Gasteiger charge is -2.13. The predicted octanol–water partition coefficient (Wildman–Crippen LogP) is 5.81. The summed E-state index contributed by atoms with van der Waals surface area (Å²) < 4.78 is 10.1. The van der Waals surface area contributed by atoms with Gasteiger partial charge in [-0.25, -0.2) is 19.2 Å². The molecule has 2 N–H and O–H groups in total. The Morgan fingerprint density at radius 3 is 1.53 bits per heavy atom. The molecule has 36 heavy (non-hydrogen) atoms. The topological polar surface area (TPSA) is 127 Å². The van der Waals surface area contributed by atoms with E-state index in [1.165, 1.54) is 6.07 Å². The van der Waals surface area contributed by atoms with Crippen molar-refractivity contribution >= 4 is 23.9 Å². The molecular weight excluding hydrogens is 464 g/mol. The lowest BCUT2D eigenvalue weighted by atomic mass is 9.91. The fraction of sp³-hybridized carbons (Fsp3) is 0.429. The average Bonchev–Trinajstić information content (AvgIpc) is 2.86. The Morgan fingerprint density at radius 1 is 0.639 bits per heavy atom. The van der Waals surface area contributed by atoms with Crippen molar-refractivity contribution in [2.45, 2.75) is 66.2 Å². The van der Waals surface area contributed by atoms with Crippen LogP contribution in [0.15, 0.2) is 36.4 Å². The third-order valence-electron chi connectivity index (χ3n) is 5.11. The van der Waals surface area contributed by atoms with Gasteiger partial charge in [-0.15, -0.1) is 0 Å². The Hall–Kier alpha value is -3.68. The van der Waals surface area contributed by atoms with Crippen molar-refractivity contribution in [3.63, 3.8) is 0 Å². The molecule has 0 saturated heterocycles. The summed E-state index contributed by atoms with van der Waals surface area (Å²) in [5, 5.41) is 18.3. The molecule has 0 aliphatic heterocycles. The van der Waals surface area contributed by atoms with E-state index in [1.54, 1.807) is 30.3 Å². The molecule has 0 aliphatic carbocycles. The molecule has 8 nitrogen and oxygen atoms in total. The number of hydrogen-bond donors (Lipinski definition) is 2. The third-order valence-corrected chi connectivity index (χ3v) is 5.11. The molecule has 0 fully saturated rings. The molecule has 8 heteroatoms. The van der Waals surface area contributed by atoms with Crippen molar-refractivity contribution in [3.8, 4) is 0 Å². The zero-order valence-electron chi connectivity index (χ0n) is 21.5. The number of ether oxygens (including phenoxy) is 2. The zero-order chi connectivity index (χ0) is 27.1. The van der Waals surface area contributed by atoms with Gasteiger partial charge in [0.15, 0.2) is 0 Å². The molecule has 0 bridgehead atoms. The molecule has 0 spiro atoms. The number of carbonyl (C=O) groups excluding carboxylic acids is 2. The van der Waals surface area contributed by atoms with Crippen molar-refractivity contribution in [2.75, 3.05) is 13.2 Å². The van der Waals surface area contributed by atoms with Crippen LogP contribution in [0.25, 0.3) is 0 Å². The van der Waals surface area contributed by atoms with Crippen molar-refractivity contribution < 1.29 is 38.9 Å². The summed E-state index contributed by atoms with van der Waals surface area (Å²) in [6.45, 7) is 8.48. The van der Waals surface area contributed by atoms with Crippen LogP contribution in [0.2, 0.25) is 0 Å². The van der Waals surface area contributed by atoms with E-state index in [0.29, 0.717) is 25.2 Å². The van der Waals surface area contributed by atoms with Crippen LogP contribution in [0.1, 0.15) is 106 Å². The standard InChI is InChI=1S/2C14H18O4/c1-3-9-17-13(15)11-7-5-6-8-12(11)14(16)18-10-4-2;1-3-5-9-7-8-11(13(15)16)12(14(17)18)10(9)6-4-2/h5-8H,3-4,9-10H2,1-2H3;7-8H,3-6H2,1-2H3,(H,15,16)(H,17,18). The van der Waals surface area contributed by atoms with Gasteiger partial charge in [0.25, 0.3) is 0 Å². The highest BCUT2D eigenvalue weighted by atomic mass is 16.5. The van der Waals surface area contributed by atoms with Gasteiger partial charge in [-0.1, -0.05) is 58.7 Å². The van der Waals surface area contributed by atoms with E-state index in [9.17, 15) is 24.3 Å². The second-order valence-electron chi connectivity index (χ2n) is 8.05. The number of esters is 2. The molecule has 0 aromatic heterocycles. The first-order valence-electron chi connectivity index (χ1n) is 12.3. The molecule has 0 heterocycles. The van der Waals surface area contributed by atoms with Crippen molar-refractivity contribution in [1.29, 1.82) is 0 Å². The fourth-order valence-corrected chi connectivity index (χ4v) is 3.54. The molecule has 2 rings (SSSR count). The number of carboxylic acid groups (broad SMARTS) is 2. The summed E-state index contributed by atoms with van der Waals surface area (Å²) in [6.07, 6.45) is 4.55. The summed E-state index contributed by atoms with van der Waals surface area (Å²) >= 11 is 0. The van der Waals surface area contributed by atoms with E-state index in [0.717, 1.165) is 37.7 Å². The van der Waals surface area contributed by atoms with Crippen LogP contribution in [0.3, 0.4) is 0 Å². The maximum absolute atomic E-state index is 11.8. The summed E-state index contributed by atoms with van der Waals surface area (Å²) in [4.78, 5) is 45.9. The molecule has 0 amide bonds. The van der Waals surface area contributed by atoms with Gasteiger partial charge >= 0.3 is 23.9 Å². The lowest BCUT2D eigenvalue weighted by Crippen LogP contribution is -2.14. The number of benzene rings is 2. The minimum Gasteiger partial charge on any atom is -0.478 e. The monoisotopic (exact) mass is 500 g/mol. The molecule has 2 aromatic carbocycles. The van der Waals surface area contributed by atoms with E-state index in [4.69, 9.17) is 14.6 Å². The first-order chi connectivity index (χ1) is 17.2. The van der Waals surface area contributed by atoms with Gasteiger partial charge in [0.1, 0.15) is 0 Å². The molecule has 0 radical (unpaired) electrons. The Bertz CT molecular complexity index is 1000. The van der Waals surface area contributed by atoms with Crippen molar-refractivity contribution in [2.24, 2.45) is 0 Å². The van der Waals surface area contributed by atoms with Gasteiger partial charge in [-0.05, 0) is 55.0 Å². The van der Waals surface area contributed by atoms with Gasteiger partial charge in [-0.3, -0.25) is 0 Å². The van der Waals surface area contributed by atoms with E-state index in [-0.39, 0.29) is 22.3 Å². The van der Waals surface area contributed by atoms with E-state index in [1.807, 2.05) is 27.7 Å². The second kappa shape index (κ2) is 16.1. The lowest BCUT2D eigenvalue weighted by molar-refractivity contribution is 0.0458. The molecule has 0 aliphatic rings. The molecule has 0 unspecified atom stereocenters. The van der Waals surface area contributed by atoms with Gasteiger partial charge in [0.2, 0.25) is 0 Å². The second-order valence-corrected chi connectivity index (χ2v) is 8.05. The van der Waals surface area contributed by atoms with Crippen LogP contribution >= 0.6 is 0 Å². The Balaban J connectivity index is 0.000000360. The number of carbonyl (C=O) groups is 4. The highest BCUT2D eigenvalue weighted by Gasteiger charge is 2.22. The molecule has 2 aromatic rings. The quantitative estimate of drug-likeness (QED) is 0.350. The zero-order valence-corrected chi connectivity index (χ0v) is 21.5. The van der Waals surface area contributed by atoms with Gasteiger partial charge in [-0.2, -0.15) is 0 Å². The Kier molecular flexibility index (Phi) is 13.6. The molecule has 196 valence electrons. The first-order valence-corrected chi connectivity index (χ1v) is 12.3. The highest BCUT2D eigenvalue weighted by Crippen LogP contribution is 2.23. The Labute approximate surface area is 212 Å². The van der Waals surface area contributed by atoms with Gasteiger partial charge < -0.3 is 19.7 Å². The minimum atomic E-state index is -1.19. The van der Waals surface area contributed by atoms with Crippen LogP contribution in [0.4, 0.5) is 0 Å². The Morgan fingerprint density at radius 2 is 1.14 bits per heavy atom. The van der Waals surface area contributed by atoms with Crippen molar-refractivity contribution in [1.82, 2.24) is 0 Å². The highest BCUT2D eigenvalue weighted by molar-refractivity contribution is 6.03. The largest absolute Gasteiger partial charge is 0.478 e. The van der Waals surface area contributed by atoms with Crippen LogP contribution in [0, 0.1) is 0 Å². The number of aromatic carboxylic acids is 2.